The zero-order valence-corrected chi connectivity index (χ0v) is 8.87. The Bertz CT molecular complexity index is 321. The zero-order chi connectivity index (χ0) is 10.8. The molecule has 0 radical (unpaired) electrons. The van der Waals surface area contributed by atoms with Crippen molar-refractivity contribution in [1.29, 1.82) is 0 Å². The molecule has 3 nitrogen and oxygen atoms in total. The van der Waals surface area contributed by atoms with Crippen LogP contribution in [0.15, 0.2) is 18.2 Å². The van der Waals surface area contributed by atoms with E-state index in [1.54, 1.807) is 14.0 Å². The van der Waals surface area contributed by atoms with Crippen molar-refractivity contribution in [3.05, 3.63) is 29.3 Å². The minimum atomic E-state index is -0.961. The minimum absolute atomic E-state index is 0.207. The molecular formula is C11H17NO2. The monoisotopic (exact) mass is 195 g/mol. The van der Waals surface area contributed by atoms with Crippen molar-refractivity contribution in [1.82, 2.24) is 0 Å². The van der Waals surface area contributed by atoms with Gasteiger partial charge in [-0.3, -0.25) is 0 Å². The summed E-state index contributed by atoms with van der Waals surface area (Å²) in [6.45, 7) is 3.85. The lowest BCUT2D eigenvalue weighted by molar-refractivity contribution is 0.0667. The number of nitrogens with two attached hydrogens (primary N) is 1. The lowest BCUT2D eigenvalue weighted by Crippen LogP contribution is -2.31. The maximum absolute atomic E-state index is 9.92. The van der Waals surface area contributed by atoms with E-state index < -0.39 is 5.60 Å². The quantitative estimate of drug-likeness (QED) is 0.761. The van der Waals surface area contributed by atoms with Crippen LogP contribution in [0, 0.1) is 6.92 Å². The molecule has 0 spiro atoms. The van der Waals surface area contributed by atoms with E-state index in [9.17, 15) is 5.11 Å². The number of rotatable bonds is 3. The summed E-state index contributed by atoms with van der Waals surface area (Å²) in [6.07, 6.45) is 0. The van der Waals surface area contributed by atoms with E-state index in [0.717, 1.165) is 16.9 Å². The molecule has 0 aliphatic heterocycles. The summed E-state index contributed by atoms with van der Waals surface area (Å²) in [5.74, 6) is 0.821. The van der Waals surface area contributed by atoms with Crippen molar-refractivity contribution < 1.29 is 9.84 Å². The highest BCUT2D eigenvalue weighted by Crippen LogP contribution is 2.25. The average molecular weight is 195 g/mol. The van der Waals surface area contributed by atoms with Gasteiger partial charge in [0.05, 0.1) is 12.7 Å². The maximum Gasteiger partial charge on any atom is 0.121 e. The fourth-order valence-electron chi connectivity index (χ4n) is 1.33. The van der Waals surface area contributed by atoms with Gasteiger partial charge in [-0.1, -0.05) is 6.07 Å². The van der Waals surface area contributed by atoms with Crippen molar-refractivity contribution in [2.24, 2.45) is 5.73 Å². The molecule has 0 amide bonds. The molecule has 3 heteroatoms. The summed E-state index contributed by atoms with van der Waals surface area (Å²) < 4.78 is 5.13. The van der Waals surface area contributed by atoms with Crippen molar-refractivity contribution in [3.63, 3.8) is 0 Å². The van der Waals surface area contributed by atoms with E-state index in [0.29, 0.717) is 0 Å². The van der Waals surface area contributed by atoms with Gasteiger partial charge in [-0.25, -0.2) is 0 Å². The van der Waals surface area contributed by atoms with Crippen LogP contribution < -0.4 is 10.5 Å². The molecule has 1 aromatic rings. The molecule has 0 bridgehead atoms. The van der Waals surface area contributed by atoms with Crippen LogP contribution in [0.5, 0.6) is 5.75 Å². The molecule has 3 N–H and O–H groups in total. The number of aryl methyl sites for hydroxylation is 1. The van der Waals surface area contributed by atoms with Crippen molar-refractivity contribution in [3.8, 4) is 5.75 Å². The predicted molar refractivity (Wildman–Crippen MR) is 56.4 cm³/mol. The van der Waals surface area contributed by atoms with Gasteiger partial charge in [-0.15, -0.1) is 0 Å². The van der Waals surface area contributed by atoms with Crippen LogP contribution >= 0.6 is 0 Å². The lowest BCUT2D eigenvalue weighted by Gasteiger charge is -2.22. The Kier molecular flexibility index (Phi) is 3.13. The summed E-state index contributed by atoms with van der Waals surface area (Å²) >= 11 is 0. The van der Waals surface area contributed by atoms with Gasteiger partial charge in [0, 0.05) is 6.54 Å². The van der Waals surface area contributed by atoms with Gasteiger partial charge in [0.2, 0.25) is 0 Å². The van der Waals surface area contributed by atoms with Crippen LogP contribution in [-0.4, -0.2) is 18.8 Å². The second-order valence-corrected chi connectivity index (χ2v) is 3.66. The number of methoxy groups -OCH3 is 1. The second kappa shape index (κ2) is 3.98. The van der Waals surface area contributed by atoms with E-state index >= 15 is 0 Å². The van der Waals surface area contributed by atoms with Crippen LogP contribution in [0.4, 0.5) is 0 Å². The summed E-state index contributed by atoms with van der Waals surface area (Å²) in [7, 11) is 1.63. The average Bonchev–Trinajstić information content (AvgIpc) is 2.17. The normalized spacial score (nSPS) is 14.9. The molecule has 1 atom stereocenters. The first-order valence-electron chi connectivity index (χ1n) is 4.59. The molecule has 14 heavy (non-hydrogen) atoms. The first-order valence-corrected chi connectivity index (χ1v) is 4.59. The molecule has 0 aliphatic rings. The Labute approximate surface area is 84.5 Å². The van der Waals surface area contributed by atoms with Crippen LogP contribution in [0.3, 0.4) is 0 Å². The van der Waals surface area contributed by atoms with Gasteiger partial charge in [0.15, 0.2) is 0 Å². The highest BCUT2D eigenvalue weighted by atomic mass is 16.5. The number of hydrogen-bond donors (Lipinski definition) is 2. The summed E-state index contributed by atoms with van der Waals surface area (Å²) in [6, 6.07) is 5.57. The van der Waals surface area contributed by atoms with Gasteiger partial charge in [-0.2, -0.15) is 0 Å². The van der Waals surface area contributed by atoms with Crippen LogP contribution in [-0.2, 0) is 5.60 Å². The Hall–Kier alpha value is -1.06. The van der Waals surface area contributed by atoms with Crippen molar-refractivity contribution in [2.75, 3.05) is 13.7 Å². The van der Waals surface area contributed by atoms with Crippen molar-refractivity contribution in [2.45, 2.75) is 19.4 Å². The van der Waals surface area contributed by atoms with E-state index in [1.165, 1.54) is 0 Å². The van der Waals surface area contributed by atoms with Gasteiger partial charge in [0.25, 0.3) is 0 Å². The lowest BCUT2D eigenvalue weighted by atomic mass is 9.94. The topological polar surface area (TPSA) is 55.5 Å². The molecule has 0 aliphatic carbocycles. The molecular weight excluding hydrogens is 178 g/mol. The Morgan fingerprint density at radius 3 is 2.57 bits per heavy atom. The third kappa shape index (κ3) is 2.05. The van der Waals surface area contributed by atoms with E-state index in [1.807, 2.05) is 25.1 Å². The Morgan fingerprint density at radius 1 is 1.50 bits per heavy atom. The smallest absolute Gasteiger partial charge is 0.121 e. The molecule has 1 aromatic carbocycles. The van der Waals surface area contributed by atoms with Crippen LogP contribution in [0.25, 0.3) is 0 Å². The first-order chi connectivity index (χ1) is 6.51. The zero-order valence-electron chi connectivity index (χ0n) is 8.87. The number of aliphatic hydroxyl groups is 1. The predicted octanol–water partition coefficient (Wildman–Crippen LogP) is 1.17. The maximum atomic E-state index is 9.92. The van der Waals surface area contributed by atoms with Gasteiger partial charge < -0.3 is 15.6 Å². The molecule has 0 heterocycles. The highest BCUT2D eigenvalue weighted by molar-refractivity contribution is 5.38. The standard InChI is InChI=1S/C11H17NO2/c1-8-6-9(11(2,13)7-12)4-5-10(8)14-3/h4-6,13H,7,12H2,1-3H3/t11-/m0/s1. The largest absolute Gasteiger partial charge is 0.496 e. The second-order valence-electron chi connectivity index (χ2n) is 3.66. The van der Waals surface area contributed by atoms with Crippen LogP contribution in [0.2, 0.25) is 0 Å². The van der Waals surface area contributed by atoms with Crippen molar-refractivity contribution >= 4 is 0 Å². The molecule has 0 saturated heterocycles. The van der Waals surface area contributed by atoms with Crippen LogP contribution in [0.1, 0.15) is 18.1 Å². The van der Waals surface area contributed by atoms with E-state index in [4.69, 9.17) is 10.5 Å². The number of benzene rings is 1. The number of ether oxygens (including phenoxy) is 1. The molecule has 78 valence electrons. The fourth-order valence-corrected chi connectivity index (χ4v) is 1.33. The summed E-state index contributed by atoms with van der Waals surface area (Å²) in [4.78, 5) is 0. The Balaban J connectivity index is 3.08. The molecule has 0 aromatic heterocycles. The Morgan fingerprint density at radius 2 is 2.14 bits per heavy atom. The summed E-state index contributed by atoms with van der Waals surface area (Å²) in [5.41, 5.74) is 6.33. The van der Waals surface area contributed by atoms with Gasteiger partial charge in [0.1, 0.15) is 5.75 Å². The first kappa shape index (κ1) is 11.0. The third-order valence-electron chi connectivity index (χ3n) is 2.41. The molecule has 0 unspecified atom stereocenters. The van der Waals surface area contributed by atoms with Gasteiger partial charge in [-0.05, 0) is 37.1 Å². The van der Waals surface area contributed by atoms with E-state index in [2.05, 4.69) is 0 Å². The van der Waals surface area contributed by atoms with E-state index in [-0.39, 0.29) is 6.54 Å². The molecule has 0 fully saturated rings. The third-order valence-corrected chi connectivity index (χ3v) is 2.41. The highest BCUT2D eigenvalue weighted by Gasteiger charge is 2.21. The summed E-state index contributed by atoms with van der Waals surface area (Å²) in [5, 5.41) is 9.92. The minimum Gasteiger partial charge on any atom is -0.496 e. The fraction of sp³-hybridized carbons (Fsp3) is 0.455. The SMILES string of the molecule is COc1ccc([C@@](C)(O)CN)cc1C. The van der Waals surface area contributed by atoms with Gasteiger partial charge >= 0.3 is 0 Å². The number of hydrogen-bond acceptors (Lipinski definition) is 3. The molecule has 0 saturated carbocycles. The molecule has 1 rings (SSSR count).